The number of hydrogen-bond donors (Lipinski definition) is 2. The SMILES string of the molecule is CC(C)C(NC(=O)OCc1ccccc1)C(=O)NC1SC=NN1SCc1ccccc1. The van der Waals surface area contributed by atoms with Crippen molar-refractivity contribution in [3.63, 3.8) is 0 Å². The lowest BCUT2D eigenvalue weighted by molar-refractivity contribution is -0.124. The number of hydrogen-bond acceptors (Lipinski definition) is 7. The van der Waals surface area contributed by atoms with Crippen LogP contribution in [0.3, 0.4) is 0 Å². The molecule has 1 heterocycles. The quantitative estimate of drug-likeness (QED) is 0.549. The van der Waals surface area contributed by atoms with Gasteiger partial charge in [-0.15, -0.1) is 0 Å². The third kappa shape index (κ3) is 7.22. The van der Waals surface area contributed by atoms with E-state index in [0.717, 1.165) is 11.3 Å². The molecule has 2 atom stereocenters. The molecule has 2 unspecified atom stereocenters. The first-order chi connectivity index (χ1) is 15.0. The average molecular weight is 459 g/mol. The maximum Gasteiger partial charge on any atom is 0.408 e. The van der Waals surface area contributed by atoms with Gasteiger partial charge >= 0.3 is 6.09 Å². The average Bonchev–Trinajstić information content (AvgIpc) is 3.22. The van der Waals surface area contributed by atoms with Crippen LogP contribution in [0, 0.1) is 5.92 Å². The van der Waals surface area contributed by atoms with Crippen LogP contribution >= 0.6 is 23.7 Å². The van der Waals surface area contributed by atoms with Crippen molar-refractivity contribution in [2.75, 3.05) is 0 Å². The van der Waals surface area contributed by atoms with E-state index >= 15 is 0 Å². The summed E-state index contributed by atoms with van der Waals surface area (Å²) in [5.41, 5.74) is 3.42. The number of benzene rings is 2. The summed E-state index contributed by atoms with van der Waals surface area (Å²) in [7, 11) is 0. The number of thioether (sulfide) groups is 1. The van der Waals surface area contributed by atoms with Crippen molar-refractivity contribution in [3.8, 4) is 0 Å². The van der Waals surface area contributed by atoms with Gasteiger partial charge in [0, 0.05) is 5.75 Å². The van der Waals surface area contributed by atoms with Crippen molar-refractivity contribution in [2.24, 2.45) is 11.0 Å². The first-order valence-electron chi connectivity index (χ1n) is 9.94. The molecule has 2 amide bonds. The van der Waals surface area contributed by atoms with Crippen molar-refractivity contribution in [3.05, 3.63) is 71.8 Å². The summed E-state index contributed by atoms with van der Waals surface area (Å²) in [6.07, 6.45) is -0.622. The van der Waals surface area contributed by atoms with Gasteiger partial charge in [0.2, 0.25) is 5.91 Å². The second-order valence-electron chi connectivity index (χ2n) is 7.21. The van der Waals surface area contributed by atoms with Crippen LogP contribution < -0.4 is 10.6 Å². The van der Waals surface area contributed by atoms with E-state index in [-0.39, 0.29) is 23.9 Å². The molecule has 0 radical (unpaired) electrons. The molecule has 0 aliphatic carbocycles. The molecule has 9 heteroatoms. The molecule has 0 bridgehead atoms. The van der Waals surface area contributed by atoms with E-state index < -0.39 is 12.1 Å². The molecule has 0 aromatic heterocycles. The zero-order valence-electron chi connectivity index (χ0n) is 17.4. The molecule has 0 saturated carbocycles. The molecule has 0 fully saturated rings. The normalized spacial score (nSPS) is 16.2. The third-order valence-corrected chi connectivity index (χ3v) is 6.42. The van der Waals surface area contributed by atoms with Crippen LogP contribution in [0.5, 0.6) is 0 Å². The molecule has 31 heavy (non-hydrogen) atoms. The summed E-state index contributed by atoms with van der Waals surface area (Å²) in [6, 6.07) is 18.7. The third-order valence-electron chi connectivity index (χ3n) is 4.46. The van der Waals surface area contributed by atoms with Crippen molar-refractivity contribution >= 4 is 41.3 Å². The lowest BCUT2D eigenvalue weighted by atomic mass is 10.0. The summed E-state index contributed by atoms with van der Waals surface area (Å²) >= 11 is 2.92. The smallest absolute Gasteiger partial charge is 0.408 e. The van der Waals surface area contributed by atoms with Crippen molar-refractivity contribution in [2.45, 2.75) is 37.7 Å². The fourth-order valence-electron chi connectivity index (χ4n) is 2.79. The molecule has 2 aromatic carbocycles. The Labute approximate surface area is 191 Å². The van der Waals surface area contributed by atoms with Gasteiger partial charge in [-0.25, -0.2) is 9.21 Å². The van der Waals surface area contributed by atoms with E-state index in [1.54, 1.807) is 9.96 Å². The number of hydrazone groups is 1. The largest absolute Gasteiger partial charge is 0.445 e. The van der Waals surface area contributed by atoms with Crippen LogP contribution in [0.25, 0.3) is 0 Å². The van der Waals surface area contributed by atoms with Gasteiger partial charge in [0.15, 0.2) is 5.50 Å². The van der Waals surface area contributed by atoms with E-state index in [1.165, 1.54) is 29.3 Å². The van der Waals surface area contributed by atoms with Crippen LogP contribution in [0.15, 0.2) is 65.8 Å². The number of rotatable bonds is 9. The molecular weight excluding hydrogens is 432 g/mol. The summed E-state index contributed by atoms with van der Waals surface area (Å²) in [5, 5.41) is 9.97. The highest BCUT2D eigenvalue weighted by molar-refractivity contribution is 8.13. The predicted octanol–water partition coefficient (Wildman–Crippen LogP) is 4.18. The lowest BCUT2D eigenvalue weighted by Crippen LogP contribution is -2.53. The number of amides is 2. The van der Waals surface area contributed by atoms with Gasteiger partial charge in [0.05, 0.1) is 5.55 Å². The topological polar surface area (TPSA) is 83.0 Å². The standard InChI is InChI=1S/C22H26N4O3S2/c1-16(2)19(24-22(28)29-13-17-9-5-3-6-10-17)20(27)25-21-26(23-15-30-21)31-14-18-11-7-4-8-12-18/h3-12,15-16,19,21H,13-14H2,1-2H3,(H,24,28)(H,25,27). The van der Waals surface area contributed by atoms with Crippen molar-refractivity contribution in [1.29, 1.82) is 0 Å². The summed E-state index contributed by atoms with van der Waals surface area (Å²) < 4.78 is 7.03. The van der Waals surface area contributed by atoms with E-state index in [0.29, 0.717) is 0 Å². The second-order valence-corrected chi connectivity index (χ2v) is 9.06. The van der Waals surface area contributed by atoms with E-state index in [4.69, 9.17) is 4.74 Å². The Bertz CT molecular complexity index is 881. The van der Waals surface area contributed by atoms with Gasteiger partial charge in [-0.2, -0.15) is 5.10 Å². The van der Waals surface area contributed by atoms with E-state index in [2.05, 4.69) is 15.7 Å². The number of carbonyl (C=O) groups is 2. The summed E-state index contributed by atoms with van der Waals surface area (Å²) in [5.74, 6) is 0.352. The Kier molecular flexibility index (Phi) is 8.66. The highest BCUT2D eigenvalue weighted by Crippen LogP contribution is 2.28. The zero-order valence-corrected chi connectivity index (χ0v) is 19.1. The molecule has 1 aliphatic rings. The Balaban J connectivity index is 1.50. The maximum atomic E-state index is 12.9. The van der Waals surface area contributed by atoms with E-state index in [9.17, 15) is 9.59 Å². The van der Waals surface area contributed by atoms with Gasteiger partial charge < -0.3 is 15.4 Å². The van der Waals surface area contributed by atoms with Crippen LogP contribution in [0.1, 0.15) is 25.0 Å². The van der Waals surface area contributed by atoms with Gasteiger partial charge in [-0.3, -0.25) is 4.79 Å². The Hall–Kier alpha value is -2.65. The molecule has 2 aromatic rings. The molecule has 164 valence electrons. The molecule has 2 N–H and O–H groups in total. The van der Waals surface area contributed by atoms with Crippen molar-refractivity contribution < 1.29 is 14.3 Å². The number of ether oxygens (including phenoxy) is 1. The second kappa shape index (κ2) is 11.7. The van der Waals surface area contributed by atoms with Crippen LogP contribution in [-0.2, 0) is 21.9 Å². The number of carbonyl (C=O) groups excluding carboxylic acids is 2. The van der Waals surface area contributed by atoms with Crippen LogP contribution in [0.4, 0.5) is 4.79 Å². The fraction of sp³-hybridized carbons (Fsp3) is 0.318. The van der Waals surface area contributed by atoms with Gasteiger partial charge in [-0.1, -0.05) is 86.3 Å². The molecule has 7 nitrogen and oxygen atoms in total. The van der Waals surface area contributed by atoms with E-state index in [1.807, 2.05) is 74.5 Å². The minimum absolute atomic E-state index is 0.109. The van der Waals surface area contributed by atoms with Gasteiger partial charge in [0.1, 0.15) is 12.6 Å². The number of nitrogens with zero attached hydrogens (tertiary/aromatic N) is 2. The minimum Gasteiger partial charge on any atom is -0.445 e. The first kappa shape index (κ1) is 23.0. The zero-order chi connectivity index (χ0) is 22.1. The number of alkyl carbamates (subject to hydrolysis) is 1. The Morgan fingerprint density at radius 3 is 2.39 bits per heavy atom. The summed E-state index contributed by atoms with van der Waals surface area (Å²) in [6.45, 7) is 3.90. The van der Waals surface area contributed by atoms with Crippen LogP contribution in [0.2, 0.25) is 0 Å². The molecular formula is C22H26N4O3S2. The molecule has 0 spiro atoms. The maximum absolute atomic E-state index is 12.9. The Morgan fingerprint density at radius 1 is 1.10 bits per heavy atom. The van der Waals surface area contributed by atoms with Gasteiger partial charge in [-0.05, 0) is 29.0 Å². The molecule has 3 rings (SSSR count). The minimum atomic E-state index is -0.717. The first-order valence-corrected chi connectivity index (χ1v) is 11.8. The fourth-order valence-corrected chi connectivity index (χ4v) is 4.57. The predicted molar refractivity (Wildman–Crippen MR) is 126 cm³/mol. The van der Waals surface area contributed by atoms with Gasteiger partial charge in [0.25, 0.3) is 0 Å². The Morgan fingerprint density at radius 2 is 1.74 bits per heavy atom. The highest BCUT2D eigenvalue weighted by atomic mass is 32.2. The highest BCUT2D eigenvalue weighted by Gasteiger charge is 2.30. The summed E-state index contributed by atoms with van der Waals surface area (Å²) in [4.78, 5) is 25.1. The molecule has 1 aliphatic heterocycles. The van der Waals surface area contributed by atoms with Crippen molar-refractivity contribution in [1.82, 2.24) is 15.0 Å². The monoisotopic (exact) mass is 458 g/mol. The van der Waals surface area contributed by atoms with Crippen LogP contribution in [-0.4, -0.2) is 33.5 Å². The number of nitrogens with one attached hydrogen (secondary N) is 2. The molecule has 0 saturated heterocycles. The lowest BCUT2D eigenvalue weighted by Gasteiger charge is -2.26.